The molecular formula is C20H18N4OS. The second kappa shape index (κ2) is 7.49. The van der Waals surface area contributed by atoms with Crippen LogP contribution in [0.1, 0.15) is 22.6 Å². The molecule has 0 aliphatic carbocycles. The number of aryl methyl sites for hydroxylation is 1. The summed E-state index contributed by atoms with van der Waals surface area (Å²) in [4.78, 5) is 15.5. The van der Waals surface area contributed by atoms with E-state index in [-0.39, 0.29) is 5.91 Å². The smallest absolute Gasteiger partial charge is 0.226 e. The van der Waals surface area contributed by atoms with Crippen LogP contribution in [0.25, 0.3) is 10.9 Å². The molecule has 0 aliphatic rings. The van der Waals surface area contributed by atoms with Gasteiger partial charge in [-0.25, -0.2) is 0 Å². The number of carbonyl (C=O) groups excluding carboxylic acids is 1. The number of amides is 1. The number of carbonyl (C=O) groups is 1. The lowest BCUT2D eigenvalue weighted by atomic mass is 10.1. The third-order valence-electron chi connectivity index (χ3n) is 4.21. The van der Waals surface area contributed by atoms with E-state index in [1.807, 2.05) is 42.6 Å². The van der Waals surface area contributed by atoms with E-state index in [9.17, 15) is 4.79 Å². The molecule has 0 saturated heterocycles. The van der Waals surface area contributed by atoms with Crippen molar-refractivity contribution in [1.29, 1.82) is 0 Å². The van der Waals surface area contributed by atoms with Crippen molar-refractivity contribution < 1.29 is 4.79 Å². The number of aromatic nitrogens is 3. The Bertz CT molecular complexity index is 1020. The molecule has 6 heteroatoms. The van der Waals surface area contributed by atoms with E-state index in [1.54, 1.807) is 0 Å². The minimum atomic E-state index is -0.0438. The normalized spacial score (nSPS) is 10.9. The van der Waals surface area contributed by atoms with Gasteiger partial charge < -0.3 is 10.3 Å². The maximum Gasteiger partial charge on any atom is 0.226 e. The highest BCUT2D eigenvalue weighted by molar-refractivity contribution is 7.15. The zero-order valence-electron chi connectivity index (χ0n) is 14.1. The highest BCUT2D eigenvalue weighted by atomic mass is 32.1. The number of benzene rings is 2. The van der Waals surface area contributed by atoms with E-state index in [0.29, 0.717) is 18.0 Å². The number of hydrogen-bond donors (Lipinski definition) is 2. The Hall–Kier alpha value is -2.99. The van der Waals surface area contributed by atoms with E-state index < -0.39 is 0 Å². The van der Waals surface area contributed by atoms with E-state index in [4.69, 9.17) is 0 Å². The van der Waals surface area contributed by atoms with Crippen molar-refractivity contribution in [1.82, 2.24) is 15.2 Å². The van der Waals surface area contributed by atoms with E-state index in [1.165, 1.54) is 22.3 Å². The van der Waals surface area contributed by atoms with Crippen LogP contribution >= 0.6 is 11.3 Å². The molecule has 2 aromatic carbocycles. The Morgan fingerprint density at radius 3 is 2.73 bits per heavy atom. The van der Waals surface area contributed by atoms with Gasteiger partial charge in [-0.05, 0) is 23.6 Å². The largest absolute Gasteiger partial charge is 0.361 e. The van der Waals surface area contributed by atoms with Gasteiger partial charge >= 0.3 is 0 Å². The SMILES string of the molecule is O=C(CCc1c[nH]c2ccccc12)Nc1nnc(Cc2ccccc2)s1. The third-order valence-corrected chi connectivity index (χ3v) is 5.05. The lowest BCUT2D eigenvalue weighted by Gasteiger charge is -2.01. The van der Waals surface area contributed by atoms with Gasteiger partial charge in [0.1, 0.15) is 5.01 Å². The molecule has 0 spiro atoms. The quantitative estimate of drug-likeness (QED) is 0.540. The molecule has 1 amide bonds. The van der Waals surface area contributed by atoms with Crippen LogP contribution < -0.4 is 5.32 Å². The average molecular weight is 362 g/mol. The molecule has 0 saturated carbocycles. The summed E-state index contributed by atoms with van der Waals surface area (Å²) < 4.78 is 0. The molecule has 4 rings (SSSR count). The lowest BCUT2D eigenvalue weighted by Crippen LogP contribution is -2.12. The highest BCUT2D eigenvalue weighted by Gasteiger charge is 2.10. The van der Waals surface area contributed by atoms with Crippen molar-refractivity contribution in [3.63, 3.8) is 0 Å². The first-order valence-electron chi connectivity index (χ1n) is 8.49. The van der Waals surface area contributed by atoms with Crippen LogP contribution in [0.2, 0.25) is 0 Å². The molecule has 2 N–H and O–H groups in total. The van der Waals surface area contributed by atoms with Crippen LogP contribution in [0, 0.1) is 0 Å². The number of H-pyrrole nitrogens is 1. The van der Waals surface area contributed by atoms with E-state index >= 15 is 0 Å². The number of nitrogens with zero attached hydrogens (tertiary/aromatic N) is 2. The number of fused-ring (bicyclic) bond motifs is 1. The average Bonchev–Trinajstić information content (AvgIpc) is 3.28. The topological polar surface area (TPSA) is 70.7 Å². The minimum Gasteiger partial charge on any atom is -0.361 e. The number of hydrogen-bond acceptors (Lipinski definition) is 4. The van der Waals surface area contributed by atoms with Crippen LogP contribution in [0.15, 0.2) is 60.8 Å². The first-order chi connectivity index (χ1) is 12.8. The molecule has 0 aliphatic heterocycles. The molecule has 0 radical (unpaired) electrons. The second-order valence-corrected chi connectivity index (χ2v) is 7.13. The molecule has 2 aromatic heterocycles. The monoisotopic (exact) mass is 362 g/mol. The minimum absolute atomic E-state index is 0.0438. The van der Waals surface area contributed by atoms with Crippen molar-refractivity contribution in [2.24, 2.45) is 0 Å². The van der Waals surface area contributed by atoms with Gasteiger partial charge in [-0.1, -0.05) is 59.9 Å². The zero-order valence-corrected chi connectivity index (χ0v) is 14.9. The number of rotatable bonds is 6. The Kier molecular flexibility index (Phi) is 4.75. The summed E-state index contributed by atoms with van der Waals surface area (Å²) in [6.07, 6.45) is 3.80. The predicted octanol–water partition coefficient (Wildman–Crippen LogP) is 4.18. The van der Waals surface area contributed by atoms with Gasteiger partial charge in [-0.15, -0.1) is 10.2 Å². The van der Waals surface area contributed by atoms with Crippen molar-refractivity contribution >= 4 is 33.3 Å². The highest BCUT2D eigenvalue weighted by Crippen LogP contribution is 2.21. The first kappa shape index (κ1) is 16.5. The summed E-state index contributed by atoms with van der Waals surface area (Å²) in [5, 5.41) is 13.7. The third kappa shape index (κ3) is 3.81. The van der Waals surface area contributed by atoms with Gasteiger partial charge in [-0.3, -0.25) is 4.79 Å². The summed E-state index contributed by atoms with van der Waals surface area (Å²) in [5.41, 5.74) is 3.43. The Labute approximate surface area is 155 Å². The van der Waals surface area contributed by atoms with Gasteiger partial charge in [-0.2, -0.15) is 0 Å². The van der Waals surface area contributed by atoms with Gasteiger partial charge in [0.05, 0.1) is 0 Å². The maximum atomic E-state index is 12.2. The molecule has 0 unspecified atom stereocenters. The fourth-order valence-corrected chi connectivity index (χ4v) is 3.70. The fourth-order valence-electron chi connectivity index (χ4n) is 2.91. The number of para-hydroxylation sites is 1. The van der Waals surface area contributed by atoms with Crippen LogP contribution in [-0.4, -0.2) is 21.1 Å². The fraction of sp³-hybridized carbons (Fsp3) is 0.150. The van der Waals surface area contributed by atoms with E-state index in [0.717, 1.165) is 22.5 Å². The number of nitrogens with one attached hydrogen (secondary N) is 2. The number of anilines is 1. The molecule has 130 valence electrons. The van der Waals surface area contributed by atoms with E-state index in [2.05, 4.69) is 38.7 Å². The van der Waals surface area contributed by atoms with Crippen LogP contribution in [0.3, 0.4) is 0 Å². The van der Waals surface area contributed by atoms with Gasteiger partial charge in [0.25, 0.3) is 0 Å². The number of aromatic amines is 1. The standard InChI is InChI=1S/C20H18N4OS/c25-18(11-10-15-13-21-17-9-5-4-8-16(15)17)22-20-24-23-19(26-20)12-14-6-2-1-3-7-14/h1-9,13,21H,10-12H2,(H,22,24,25). The predicted molar refractivity (Wildman–Crippen MR) is 104 cm³/mol. The molecule has 5 nitrogen and oxygen atoms in total. The molecule has 0 bridgehead atoms. The van der Waals surface area contributed by atoms with Crippen molar-refractivity contribution in [3.8, 4) is 0 Å². The lowest BCUT2D eigenvalue weighted by molar-refractivity contribution is -0.116. The molecule has 4 aromatic rings. The molecule has 26 heavy (non-hydrogen) atoms. The van der Waals surface area contributed by atoms with Gasteiger partial charge in [0.15, 0.2) is 0 Å². The molecular weight excluding hydrogens is 344 g/mol. The summed E-state index contributed by atoms with van der Waals surface area (Å²) in [6, 6.07) is 18.2. The summed E-state index contributed by atoms with van der Waals surface area (Å²) in [6.45, 7) is 0. The molecule has 2 heterocycles. The van der Waals surface area contributed by atoms with Gasteiger partial charge in [0, 0.05) is 29.9 Å². The maximum absolute atomic E-state index is 12.2. The van der Waals surface area contributed by atoms with Crippen LogP contribution in [0.4, 0.5) is 5.13 Å². The Morgan fingerprint density at radius 1 is 1.04 bits per heavy atom. The summed E-state index contributed by atoms with van der Waals surface area (Å²) in [7, 11) is 0. The van der Waals surface area contributed by atoms with Crippen molar-refractivity contribution in [2.75, 3.05) is 5.32 Å². The molecule has 0 fully saturated rings. The Morgan fingerprint density at radius 2 is 1.85 bits per heavy atom. The summed E-state index contributed by atoms with van der Waals surface area (Å²) in [5.74, 6) is -0.0438. The van der Waals surface area contributed by atoms with Crippen LogP contribution in [-0.2, 0) is 17.6 Å². The summed E-state index contributed by atoms with van der Waals surface area (Å²) >= 11 is 1.42. The second-order valence-electron chi connectivity index (χ2n) is 6.07. The van der Waals surface area contributed by atoms with Crippen molar-refractivity contribution in [2.45, 2.75) is 19.3 Å². The Balaban J connectivity index is 1.33. The van der Waals surface area contributed by atoms with Crippen molar-refractivity contribution in [3.05, 3.63) is 76.9 Å². The van der Waals surface area contributed by atoms with Crippen LogP contribution in [0.5, 0.6) is 0 Å². The zero-order chi connectivity index (χ0) is 17.8. The molecule has 0 atom stereocenters. The van der Waals surface area contributed by atoms with Gasteiger partial charge in [0.2, 0.25) is 11.0 Å². The first-order valence-corrected chi connectivity index (χ1v) is 9.31.